The Morgan fingerprint density at radius 1 is 0.950 bits per heavy atom. The summed E-state index contributed by atoms with van der Waals surface area (Å²) in [7, 11) is 0. The molecule has 40 heavy (non-hydrogen) atoms. The van der Waals surface area contributed by atoms with E-state index in [-0.39, 0.29) is 18.4 Å². The number of hydrogen-bond donors (Lipinski definition) is 3. The maximum Gasteiger partial charge on any atom is 0.418 e. The van der Waals surface area contributed by atoms with E-state index in [1.165, 1.54) is 6.07 Å². The SMILES string of the molecule is CC(C)CC(NC(CC(=O)O)C(=O)COc1c(F)c(F)cc(F)c1F)C(=O)C(=O)Nc1ccccc1C(F)(F)F. The first-order valence-corrected chi connectivity index (χ1v) is 11.5. The molecule has 0 fully saturated rings. The fourth-order valence-corrected chi connectivity index (χ4v) is 3.51. The monoisotopic (exact) mass is 580 g/mol. The third-order valence-electron chi connectivity index (χ3n) is 5.33. The molecule has 2 aromatic rings. The number of rotatable bonds is 13. The summed E-state index contributed by atoms with van der Waals surface area (Å²) in [6, 6.07) is 0.271. The summed E-state index contributed by atoms with van der Waals surface area (Å²) in [6.07, 6.45) is -6.11. The number of carbonyl (C=O) groups is 4. The van der Waals surface area contributed by atoms with Crippen LogP contribution in [0.5, 0.6) is 5.75 Å². The molecule has 218 valence electrons. The van der Waals surface area contributed by atoms with Gasteiger partial charge in [-0.15, -0.1) is 0 Å². The number of amides is 1. The van der Waals surface area contributed by atoms with Gasteiger partial charge in [-0.05, 0) is 24.5 Å². The van der Waals surface area contributed by atoms with Crippen molar-refractivity contribution >= 4 is 29.1 Å². The van der Waals surface area contributed by atoms with Crippen molar-refractivity contribution in [2.75, 3.05) is 11.9 Å². The normalized spacial score (nSPS) is 13.1. The maximum atomic E-state index is 13.8. The Labute approximate surface area is 222 Å². The quantitative estimate of drug-likeness (QED) is 0.184. The standard InChI is InChI=1S/C25H23F7N2O6/c1-11(2)7-17(22(38)24(39)34-15-6-4-3-5-12(15)25(30,31)32)33-16(9-19(36)37)18(35)10-40-23-20(28)13(26)8-14(27)21(23)29/h3-6,8,11,16-17,33H,7,9-10H2,1-2H3,(H,34,39)(H,36,37). The fraction of sp³-hybridized carbons (Fsp3) is 0.360. The zero-order valence-electron chi connectivity index (χ0n) is 20.9. The van der Waals surface area contributed by atoms with Crippen LogP contribution in [0.4, 0.5) is 36.4 Å². The van der Waals surface area contributed by atoms with Crippen LogP contribution in [0.15, 0.2) is 30.3 Å². The summed E-state index contributed by atoms with van der Waals surface area (Å²) < 4.78 is 98.8. The molecule has 0 spiro atoms. The summed E-state index contributed by atoms with van der Waals surface area (Å²) in [5, 5.41) is 13.4. The molecule has 0 aliphatic carbocycles. The van der Waals surface area contributed by atoms with Crippen molar-refractivity contribution in [1.29, 1.82) is 0 Å². The second-order valence-corrected chi connectivity index (χ2v) is 8.91. The van der Waals surface area contributed by atoms with Gasteiger partial charge in [0, 0.05) is 6.07 Å². The number of aliphatic carboxylic acids is 1. The largest absolute Gasteiger partial charge is 0.481 e. The smallest absolute Gasteiger partial charge is 0.418 e. The lowest BCUT2D eigenvalue weighted by Crippen LogP contribution is -2.52. The molecule has 2 aromatic carbocycles. The molecule has 0 saturated heterocycles. The van der Waals surface area contributed by atoms with Crippen LogP contribution < -0.4 is 15.4 Å². The molecule has 8 nitrogen and oxygen atoms in total. The first-order chi connectivity index (χ1) is 18.5. The van der Waals surface area contributed by atoms with Crippen molar-refractivity contribution in [3.8, 4) is 5.75 Å². The second kappa shape index (κ2) is 13.4. The van der Waals surface area contributed by atoms with Crippen LogP contribution in [-0.4, -0.2) is 47.2 Å². The van der Waals surface area contributed by atoms with Crippen LogP contribution in [0.25, 0.3) is 0 Å². The van der Waals surface area contributed by atoms with E-state index in [1.807, 2.05) is 5.32 Å². The molecule has 0 aliphatic rings. The number of anilines is 1. The number of Topliss-reactive ketones (excluding diaryl/α,β-unsaturated/α-hetero) is 2. The van der Waals surface area contributed by atoms with E-state index in [0.29, 0.717) is 6.07 Å². The lowest BCUT2D eigenvalue weighted by molar-refractivity contribution is -0.141. The number of carboxylic acids is 1. The van der Waals surface area contributed by atoms with Gasteiger partial charge in [-0.1, -0.05) is 26.0 Å². The Balaban J connectivity index is 2.27. The van der Waals surface area contributed by atoms with Crippen molar-refractivity contribution < 1.29 is 59.8 Å². The minimum atomic E-state index is -4.87. The van der Waals surface area contributed by atoms with Gasteiger partial charge in [-0.3, -0.25) is 24.5 Å². The van der Waals surface area contributed by atoms with Crippen LogP contribution >= 0.6 is 0 Å². The number of hydrogen-bond acceptors (Lipinski definition) is 6. The van der Waals surface area contributed by atoms with E-state index in [4.69, 9.17) is 0 Å². The number of benzene rings is 2. The van der Waals surface area contributed by atoms with Gasteiger partial charge < -0.3 is 15.2 Å². The highest BCUT2D eigenvalue weighted by atomic mass is 19.4. The van der Waals surface area contributed by atoms with E-state index in [9.17, 15) is 55.0 Å². The summed E-state index contributed by atoms with van der Waals surface area (Å²) in [5.74, 6) is -15.2. The lowest BCUT2D eigenvalue weighted by Gasteiger charge is -2.24. The van der Waals surface area contributed by atoms with Gasteiger partial charge in [0.1, 0.15) is 6.61 Å². The second-order valence-electron chi connectivity index (χ2n) is 8.91. The molecule has 15 heteroatoms. The van der Waals surface area contributed by atoms with E-state index < -0.39 is 95.0 Å². The van der Waals surface area contributed by atoms with Gasteiger partial charge >= 0.3 is 12.1 Å². The number of nitrogens with one attached hydrogen (secondary N) is 2. The van der Waals surface area contributed by atoms with Crippen molar-refractivity contribution in [1.82, 2.24) is 5.32 Å². The van der Waals surface area contributed by atoms with Crippen LogP contribution in [-0.2, 0) is 25.4 Å². The first-order valence-electron chi connectivity index (χ1n) is 11.5. The van der Waals surface area contributed by atoms with Crippen LogP contribution in [0.2, 0.25) is 0 Å². The summed E-state index contributed by atoms with van der Waals surface area (Å²) in [4.78, 5) is 49.5. The Morgan fingerprint density at radius 3 is 2.05 bits per heavy atom. The van der Waals surface area contributed by atoms with Crippen molar-refractivity contribution in [2.45, 2.75) is 44.9 Å². The first kappa shape index (κ1) is 32.2. The van der Waals surface area contributed by atoms with Crippen LogP contribution in [0.3, 0.4) is 0 Å². The molecule has 0 aromatic heterocycles. The highest BCUT2D eigenvalue weighted by Gasteiger charge is 2.36. The highest BCUT2D eigenvalue weighted by Crippen LogP contribution is 2.34. The Morgan fingerprint density at radius 2 is 1.52 bits per heavy atom. The molecule has 2 unspecified atom stereocenters. The molecule has 0 heterocycles. The molecule has 2 rings (SSSR count). The van der Waals surface area contributed by atoms with Gasteiger partial charge in [0.15, 0.2) is 23.2 Å². The minimum absolute atomic E-state index is 0.103. The van der Waals surface area contributed by atoms with E-state index in [0.717, 1.165) is 12.1 Å². The highest BCUT2D eigenvalue weighted by molar-refractivity contribution is 6.42. The third-order valence-corrected chi connectivity index (χ3v) is 5.33. The van der Waals surface area contributed by atoms with Crippen LogP contribution in [0, 0.1) is 29.2 Å². The van der Waals surface area contributed by atoms with Gasteiger partial charge in [0.05, 0.1) is 29.8 Å². The molecule has 0 bridgehead atoms. The summed E-state index contributed by atoms with van der Waals surface area (Å²) >= 11 is 0. The number of alkyl halides is 3. The van der Waals surface area contributed by atoms with Gasteiger partial charge in [-0.2, -0.15) is 22.0 Å². The topological polar surface area (TPSA) is 122 Å². The number of carboxylic acid groups (broad SMARTS) is 1. The van der Waals surface area contributed by atoms with E-state index in [1.54, 1.807) is 13.8 Å². The molecule has 0 saturated carbocycles. The molecular weight excluding hydrogens is 557 g/mol. The number of halogens is 7. The van der Waals surface area contributed by atoms with Crippen molar-refractivity contribution in [3.05, 3.63) is 59.2 Å². The zero-order chi connectivity index (χ0) is 30.4. The van der Waals surface area contributed by atoms with Gasteiger partial charge in [0.2, 0.25) is 17.4 Å². The molecule has 1 amide bonds. The average molecular weight is 580 g/mol. The fourth-order valence-electron chi connectivity index (χ4n) is 3.51. The lowest BCUT2D eigenvalue weighted by atomic mass is 9.97. The van der Waals surface area contributed by atoms with Crippen molar-refractivity contribution in [3.63, 3.8) is 0 Å². The maximum absolute atomic E-state index is 13.8. The summed E-state index contributed by atoms with van der Waals surface area (Å²) in [5.41, 5.74) is -1.97. The molecule has 0 radical (unpaired) electrons. The number of carbonyl (C=O) groups excluding carboxylic acids is 3. The number of ketones is 2. The minimum Gasteiger partial charge on any atom is -0.481 e. The predicted molar refractivity (Wildman–Crippen MR) is 124 cm³/mol. The molecule has 3 N–H and O–H groups in total. The molecular formula is C25H23F7N2O6. The Hall–Kier alpha value is -4.01. The van der Waals surface area contributed by atoms with E-state index in [2.05, 4.69) is 10.1 Å². The zero-order valence-corrected chi connectivity index (χ0v) is 20.9. The molecule has 2 atom stereocenters. The third kappa shape index (κ3) is 8.49. The Bertz CT molecular complexity index is 1260. The predicted octanol–water partition coefficient (Wildman–Crippen LogP) is 4.27. The Kier molecular flexibility index (Phi) is 10.8. The van der Waals surface area contributed by atoms with Gasteiger partial charge in [0.25, 0.3) is 5.91 Å². The molecule has 0 aliphatic heterocycles. The summed E-state index contributed by atoms with van der Waals surface area (Å²) in [6.45, 7) is 1.86. The van der Waals surface area contributed by atoms with E-state index >= 15 is 0 Å². The number of ether oxygens (including phenoxy) is 1. The van der Waals surface area contributed by atoms with Gasteiger partial charge in [-0.25, -0.2) is 8.78 Å². The van der Waals surface area contributed by atoms with Crippen molar-refractivity contribution in [2.24, 2.45) is 5.92 Å². The van der Waals surface area contributed by atoms with Crippen LogP contribution in [0.1, 0.15) is 32.3 Å². The average Bonchev–Trinajstić information content (AvgIpc) is 2.85. The number of para-hydroxylation sites is 1.